The maximum absolute atomic E-state index is 12.4. The minimum absolute atomic E-state index is 0.140. The van der Waals surface area contributed by atoms with Gasteiger partial charge in [-0.1, -0.05) is 25.1 Å². The Morgan fingerprint density at radius 3 is 2.79 bits per heavy atom. The van der Waals surface area contributed by atoms with Crippen LogP contribution in [0.3, 0.4) is 0 Å². The molecule has 0 spiro atoms. The number of nitrogens with zero attached hydrogens (tertiary/aromatic N) is 1. The quantitative estimate of drug-likeness (QED) is 0.774. The van der Waals surface area contributed by atoms with Gasteiger partial charge in [0.25, 0.3) is 5.91 Å². The SMILES string of the molecule is CC1CCN(C(=O)C2=Cc3ccccc3OC2)CC1. The molecule has 0 N–H and O–H groups in total. The predicted molar refractivity (Wildman–Crippen MR) is 74.9 cm³/mol. The smallest absolute Gasteiger partial charge is 0.253 e. The van der Waals surface area contributed by atoms with Crippen LogP contribution in [0.2, 0.25) is 0 Å². The van der Waals surface area contributed by atoms with E-state index in [2.05, 4.69) is 6.92 Å². The first-order chi connectivity index (χ1) is 9.24. The minimum Gasteiger partial charge on any atom is -0.488 e. The van der Waals surface area contributed by atoms with Crippen molar-refractivity contribution in [3.8, 4) is 5.75 Å². The largest absolute Gasteiger partial charge is 0.488 e. The highest BCUT2D eigenvalue weighted by atomic mass is 16.5. The lowest BCUT2D eigenvalue weighted by Gasteiger charge is -2.31. The Morgan fingerprint density at radius 1 is 1.26 bits per heavy atom. The average molecular weight is 257 g/mol. The number of benzene rings is 1. The molecule has 0 radical (unpaired) electrons. The Labute approximate surface area is 113 Å². The zero-order chi connectivity index (χ0) is 13.2. The number of hydrogen-bond donors (Lipinski definition) is 0. The van der Waals surface area contributed by atoms with Gasteiger partial charge in [-0.15, -0.1) is 0 Å². The molecular formula is C16H19NO2. The van der Waals surface area contributed by atoms with E-state index in [4.69, 9.17) is 4.74 Å². The van der Waals surface area contributed by atoms with Crippen LogP contribution in [0.1, 0.15) is 25.3 Å². The van der Waals surface area contributed by atoms with Crippen LogP contribution in [0, 0.1) is 5.92 Å². The molecule has 1 aromatic carbocycles. The lowest BCUT2D eigenvalue weighted by atomic mass is 9.98. The van der Waals surface area contributed by atoms with E-state index in [1.165, 1.54) is 0 Å². The molecule has 0 aliphatic carbocycles. The summed E-state index contributed by atoms with van der Waals surface area (Å²) in [5, 5.41) is 0. The summed E-state index contributed by atoms with van der Waals surface area (Å²) in [6.07, 6.45) is 4.19. The third-order valence-corrected chi connectivity index (χ3v) is 3.98. The lowest BCUT2D eigenvalue weighted by Crippen LogP contribution is -2.39. The molecule has 1 amide bonds. The molecule has 3 heteroatoms. The fourth-order valence-corrected chi connectivity index (χ4v) is 2.65. The standard InChI is InChI=1S/C16H19NO2/c1-12-6-8-17(9-7-12)16(18)14-10-13-4-2-3-5-15(13)19-11-14/h2-5,10,12H,6-9,11H2,1H3. The molecule has 2 heterocycles. The second kappa shape index (κ2) is 5.08. The van der Waals surface area contributed by atoms with Crippen molar-refractivity contribution in [2.75, 3.05) is 19.7 Å². The first-order valence-electron chi connectivity index (χ1n) is 6.96. The summed E-state index contributed by atoms with van der Waals surface area (Å²) in [6, 6.07) is 7.84. The van der Waals surface area contributed by atoms with E-state index in [1.807, 2.05) is 35.2 Å². The number of rotatable bonds is 1. The third-order valence-electron chi connectivity index (χ3n) is 3.98. The van der Waals surface area contributed by atoms with Gasteiger partial charge in [-0.25, -0.2) is 0 Å². The average Bonchev–Trinajstić information content (AvgIpc) is 2.47. The number of likely N-dealkylation sites (tertiary alicyclic amines) is 1. The fourth-order valence-electron chi connectivity index (χ4n) is 2.65. The Bertz CT molecular complexity index is 513. The second-order valence-electron chi connectivity index (χ2n) is 5.47. The van der Waals surface area contributed by atoms with Crippen LogP contribution in [-0.2, 0) is 4.79 Å². The summed E-state index contributed by atoms with van der Waals surface area (Å²) in [5.41, 5.74) is 1.77. The van der Waals surface area contributed by atoms with E-state index in [1.54, 1.807) is 0 Å². The second-order valence-corrected chi connectivity index (χ2v) is 5.47. The van der Waals surface area contributed by atoms with Gasteiger partial charge in [0.05, 0.1) is 5.57 Å². The molecule has 3 nitrogen and oxygen atoms in total. The number of fused-ring (bicyclic) bond motifs is 1. The maximum atomic E-state index is 12.4. The normalized spacial score (nSPS) is 19.4. The van der Waals surface area contributed by atoms with Crippen LogP contribution in [0.15, 0.2) is 29.8 Å². The van der Waals surface area contributed by atoms with Gasteiger partial charge in [-0.2, -0.15) is 0 Å². The van der Waals surface area contributed by atoms with E-state index >= 15 is 0 Å². The summed E-state index contributed by atoms with van der Waals surface area (Å²) in [4.78, 5) is 14.4. The molecule has 1 fully saturated rings. The summed E-state index contributed by atoms with van der Waals surface area (Å²) in [7, 11) is 0. The lowest BCUT2D eigenvalue weighted by molar-refractivity contribution is -0.128. The number of piperidine rings is 1. The number of amides is 1. The zero-order valence-electron chi connectivity index (χ0n) is 11.3. The first kappa shape index (κ1) is 12.3. The number of carbonyl (C=O) groups is 1. The van der Waals surface area contributed by atoms with E-state index in [0.717, 1.165) is 48.7 Å². The summed E-state index contributed by atoms with van der Waals surface area (Å²) >= 11 is 0. The Hall–Kier alpha value is -1.77. The molecule has 3 rings (SSSR count). The molecule has 100 valence electrons. The van der Waals surface area contributed by atoms with E-state index in [9.17, 15) is 4.79 Å². The van der Waals surface area contributed by atoms with Crippen molar-refractivity contribution in [1.29, 1.82) is 0 Å². The van der Waals surface area contributed by atoms with Crippen LogP contribution in [-0.4, -0.2) is 30.5 Å². The monoisotopic (exact) mass is 257 g/mol. The summed E-state index contributed by atoms with van der Waals surface area (Å²) in [6.45, 7) is 4.39. The number of hydrogen-bond acceptors (Lipinski definition) is 2. The van der Waals surface area contributed by atoms with Crippen molar-refractivity contribution in [3.05, 3.63) is 35.4 Å². The van der Waals surface area contributed by atoms with Gasteiger partial charge < -0.3 is 9.64 Å². The molecule has 0 aromatic heterocycles. The molecule has 1 aromatic rings. The van der Waals surface area contributed by atoms with Gasteiger partial charge in [0.1, 0.15) is 12.4 Å². The molecular weight excluding hydrogens is 238 g/mol. The van der Waals surface area contributed by atoms with Gasteiger partial charge in [-0.3, -0.25) is 4.79 Å². The molecule has 1 saturated heterocycles. The van der Waals surface area contributed by atoms with Crippen molar-refractivity contribution in [2.45, 2.75) is 19.8 Å². The Morgan fingerprint density at radius 2 is 2.00 bits per heavy atom. The van der Waals surface area contributed by atoms with E-state index < -0.39 is 0 Å². The first-order valence-corrected chi connectivity index (χ1v) is 6.96. The van der Waals surface area contributed by atoms with Crippen LogP contribution in [0.4, 0.5) is 0 Å². The topological polar surface area (TPSA) is 29.5 Å². The number of ether oxygens (including phenoxy) is 1. The Kier molecular flexibility index (Phi) is 3.28. The van der Waals surface area contributed by atoms with Crippen molar-refractivity contribution < 1.29 is 9.53 Å². The van der Waals surface area contributed by atoms with Crippen LogP contribution >= 0.6 is 0 Å². The van der Waals surface area contributed by atoms with E-state index in [0.29, 0.717) is 6.61 Å². The molecule has 2 aliphatic heterocycles. The van der Waals surface area contributed by atoms with Crippen LogP contribution < -0.4 is 4.74 Å². The molecule has 0 unspecified atom stereocenters. The highest BCUT2D eigenvalue weighted by Crippen LogP contribution is 2.27. The van der Waals surface area contributed by atoms with Crippen molar-refractivity contribution in [1.82, 2.24) is 4.90 Å². The molecule has 0 atom stereocenters. The maximum Gasteiger partial charge on any atom is 0.253 e. The highest BCUT2D eigenvalue weighted by molar-refractivity contribution is 5.99. The van der Waals surface area contributed by atoms with Crippen molar-refractivity contribution in [2.24, 2.45) is 5.92 Å². The Balaban J connectivity index is 1.76. The van der Waals surface area contributed by atoms with Gasteiger partial charge in [0.2, 0.25) is 0 Å². The summed E-state index contributed by atoms with van der Waals surface area (Å²) in [5.74, 6) is 1.74. The minimum atomic E-state index is 0.140. The van der Waals surface area contributed by atoms with E-state index in [-0.39, 0.29) is 5.91 Å². The number of carbonyl (C=O) groups excluding carboxylic acids is 1. The third kappa shape index (κ3) is 2.50. The zero-order valence-corrected chi connectivity index (χ0v) is 11.3. The van der Waals surface area contributed by atoms with Crippen molar-refractivity contribution >= 4 is 12.0 Å². The fraction of sp³-hybridized carbons (Fsp3) is 0.438. The molecule has 19 heavy (non-hydrogen) atoms. The molecule has 0 saturated carbocycles. The van der Waals surface area contributed by atoms with Gasteiger partial charge in [0, 0.05) is 18.7 Å². The van der Waals surface area contributed by atoms with Crippen LogP contribution in [0.25, 0.3) is 6.08 Å². The number of para-hydroxylation sites is 1. The molecule has 2 aliphatic rings. The van der Waals surface area contributed by atoms with Gasteiger partial charge in [0.15, 0.2) is 0 Å². The predicted octanol–water partition coefficient (Wildman–Crippen LogP) is 2.72. The summed E-state index contributed by atoms with van der Waals surface area (Å²) < 4.78 is 5.65. The molecule has 0 bridgehead atoms. The highest BCUT2D eigenvalue weighted by Gasteiger charge is 2.25. The van der Waals surface area contributed by atoms with Crippen molar-refractivity contribution in [3.63, 3.8) is 0 Å². The van der Waals surface area contributed by atoms with Crippen LogP contribution in [0.5, 0.6) is 5.75 Å². The van der Waals surface area contributed by atoms with Gasteiger partial charge >= 0.3 is 0 Å². The van der Waals surface area contributed by atoms with Gasteiger partial charge in [-0.05, 0) is 30.9 Å².